The highest BCUT2D eigenvalue weighted by atomic mass is 15.0. The zero-order chi connectivity index (χ0) is 14.4. The molecule has 6 aliphatic rings. The van der Waals surface area contributed by atoms with E-state index in [9.17, 15) is 0 Å². The third-order valence-corrected chi connectivity index (χ3v) is 8.44. The van der Waals surface area contributed by atoms with Crippen LogP contribution in [0.4, 0.5) is 0 Å². The van der Waals surface area contributed by atoms with Crippen molar-refractivity contribution < 1.29 is 0 Å². The Kier molecular flexibility index (Phi) is 2.42. The summed E-state index contributed by atoms with van der Waals surface area (Å²) in [5.74, 6) is 14.8. The molecule has 0 aromatic heterocycles. The van der Waals surface area contributed by atoms with Gasteiger partial charge in [-0.05, 0) is 67.1 Å². The van der Waals surface area contributed by atoms with Crippen molar-refractivity contribution in [2.45, 2.75) is 51.5 Å². The molecule has 22 heavy (non-hydrogen) atoms. The van der Waals surface area contributed by atoms with Gasteiger partial charge < -0.3 is 5.32 Å². The molecule has 0 spiro atoms. The largest absolute Gasteiger partial charge is 0.312 e. The molecule has 0 amide bonds. The monoisotopic (exact) mass is 293 g/mol. The van der Waals surface area contributed by atoms with E-state index in [0.717, 1.165) is 47.5 Å². The van der Waals surface area contributed by atoms with Crippen LogP contribution in [0.3, 0.4) is 0 Å². The van der Waals surface area contributed by atoms with Gasteiger partial charge in [0.25, 0.3) is 0 Å². The first-order valence-corrected chi connectivity index (χ1v) is 9.80. The highest BCUT2D eigenvalue weighted by Gasteiger charge is 2.72. The van der Waals surface area contributed by atoms with Gasteiger partial charge in [0.15, 0.2) is 0 Å². The number of rotatable bonds is 2. The van der Waals surface area contributed by atoms with Gasteiger partial charge in [-0.1, -0.05) is 30.4 Å². The quantitative estimate of drug-likeness (QED) is 0.606. The van der Waals surface area contributed by atoms with Crippen molar-refractivity contribution in [3.05, 3.63) is 11.1 Å². The molecule has 1 heterocycles. The lowest BCUT2D eigenvalue weighted by Gasteiger charge is -2.77. The van der Waals surface area contributed by atoms with Crippen LogP contribution in [0.5, 0.6) is 0 Å². The molecular formula is C21H27N. The summed E-state index contributed by atoms with van der Waals surface area (Å²) in [5.41, 5.74) is 3.86. The van der Waals surface area contributed by atoms with E-state index >= 15 is 0 Å². The Morgan fingerprint density at radius 2 is 1.86 bits per heavy atom. The van der Waals surface area contributed by atoms with Crippen molar-refractivity contribution in [1.82, 2.24) is 5.32 Å². The fraction of sp³-hybridized carbons (Fsp3) is 0.810. The molecule has 1 aliphatic heterocycles. The molecule has 2 saturated carbocycles. The first kappa shape index (κ1) is 12.7. The minimum atomic E-state index is 0.651. The summed E-state index contributed by atoms with van der Waals surface area (Å²) >= 11 is 0. The van der Waals surface area contributed by atoms with E-state index in [-0.39, 0.29) is 0 Å². The molecular weight excluding hydrogens is 266 g/mol. The first-order chi connectivity index (χ1) is 10.9. The van der Waals surface area contributed by atoms with Gasteiger partial charge >= 0.3 is 0 Å². The van der Waals surface area contributed by atoms with Crippen LogP contribution in [0.1, 0.15) is 45.4 Å². The maximum Gasteiger partial charge on any atom is 0.0330 e. The van der Waals surface area contributed by atoms with Gasteiger partial charge in [-0.15, -0.1) is 5.92 Å². The zero-order valence-electron chi connectivity index (χ0n) is 13.6. The van der Waals surface area contributed by atoms with Crippen molar-refractivity contribution >= 4 is 0 Å². The molecule has 5 aliphatic carbocycles. The number of nitrogens with one attached hydrogen (secondary N) is 1. The average molecular weight is 293 g/mol. The third kappa shape index (κ3) is 1.34. The number of fused-ring (bicyclic) bond motifs is 8. The Balaban J connectivity index is 1.26. The first-order valence-electron chi connectivity index (χ1n) is 9.80. The van der Waals surface area contributed by atoms with E-state index in [1.54, 1.807) is 0 Å². The summed E-state index contributed by atoms with van der Waals surface area (Å²) in [6.45, 7) is 3.62. The summed E-state index contributed by atoms with van der Waals surface area (Å²) in [4.78, 5) is 0. The minimum absolute atomic E-state index is 0.651. The predicted octanol–water partition coefficient (Wildman–Crippen LogP) is 3.62. The number of hydrogen-bond acceptors (Lipinski definition) is 1. The highest BCUT2D eigenvalue weighted by Crippen LogP contribution is 2.78. The Bertz CT molecular complexity index is 620. The molecule has 9 unspecified atom stereocenters. The number of allylic oxidation sites excluding steroid dienone is 2. The van der Waals surface area contributed by atoms with Gasteiger partial charge in [-0.2, -0.15) is 0 Å². The van der Waals surface area contributed by atoms with Crippen LogP contribution < -0.4 is 5.32 Å². The van der Waals surface area contributed by atoms with E-state index in [1.807, 2.05) is 11.1 Å². The van der Waals surface area contributed by atoms with Gasteiger partial charge in [-0.25, -0.2) is 0 Å². The minimum Gasteiger partial charge on any atom is -0.312 e. The second kappa shape index (κ2) is 4.21. The van der Waals surface area contributed by atoms with E-state index in [1.165, 1.54) is 45.1 Å². The van der Waals surface area contributed by atoms with Crippen LogP contribution in [-0.4, -0.2) is 12.6 Å². The molecule has 9 atom stereocenters. The van der Waals surface area contributed by atoms with Crippen LogP contribution in [0.2, 0.25) is 0 Å². The van der Waals surface area contributed by atoms with Crippen molar-refractivity contribution in [2.24, 2.45) is 47.3 Å². The lowest BCUT2D eigenvalue weighted by molar-refractivity contribution is -0.215. The van der Waals surface area contributed by atoms with E-state index in [0.29, 0.717) is 5.92 Å². The van der Waals surface area contributed by atoms with Crippen LogP contribution >= 0.6 is 0 Å². The van der Waals surface area contributed by atoms with Crippen molar-refractivity contribution in [1.29, 1.82) is 0 Å². The summed E-state index contributed by atoms with van der Waals surface area (Å²) in [7, 11) is 0. The van der Waals surface area contributed by atoms with Crippen LogP contribution in [0, 0.1) is 59.2 Å². The second-order valence-corrected chi connectivity index (χ2v) is 8.98. The Labute approximate surface area is 134 Å². The Hall–Kier alpha value is -0.740. The SMILES string of the molecule is CCC1C(C2CC3CC#CC(CN2)C3)C2C3C4=C(CC4)C3C12. The lowest BCUT2D eigenvalue weighted by atomic mass is 9.28. The van der Waals surface area contributed by atoms with Crippen molar-refractivity contribution in [3.63, 3.8) is 0 Å². The van der Waals surface area contributed by atoms with Gasteiger partial charge in [0.05, 0.1) is 0 Å². The fourth-order valence-corrected chi connectivity index (χ4v) is 7.58. The van der Waals surface area contributed by atoms with E-state index < -0.39 is 0 Å². The smallest absolute Gasteiger partial charge is 0.0330 e. The van der Waals surface area contributed by atoms with Crippen LogP contribution in [0.25, 0.3) is 0 Å². The van der Waals surface area contributed by atoms with Gasteiger partial charge in [-0.3, -0.25) is 0 Å². The molecule has 1 heteroatoms. The van der Waals surface area contributed by atoms with Crippen molar-refractivity contribution in [2.75, 3.05) is 6.54 Å². The van der Waals surface area contributed by atoms with Gasteiger partial charge in [0, 0.05) is 24.9 Å². The molecule has 2 bridgehead atoms. The summed E-state index contributed by atoms with van der Waals surface area (Å²) in [5, 5.41) is 3.99. The maximum atomic E-state index is 3.99. The van der Waals surface area contributed by atoms with Gasteiger partial charge in [0.2, 0.25) is 0 Å². The Morgan fingerprint density at radius 1 is 1.05 bits per heavy atom. The third-order valence-electron chi connectivity index (χ3n) is 8.44. The topological polar surface area (TPSA) is 12.0 Å². The fourth-order valence-electron chi connectivity index (χ4n) is 7.58. The molecule has 1 N–H and O–H groups in total. The Morgan fingerprint density at radius 3 is 2.64 bits per heavy atom. The van der Waals surface area contributed by atoms with E-state index in [2.05, 4.69) is 24.1 Å². The van der Waals surface area contributed by atoms with Gasteiger partial charge in [0.1, 0.15) is 0 Å². The molecule has 0 radical (unpaired) electrons. The normalized spacial score (nSPS) is 56.5. The second-order valence-electron chi connectivity index (χ2n) is 8.98. The molecule has 1 saturated heterocycles. The molecule has 0 aromatic rings. The highest BCUT2D eigenvalue weighted by molar-refractivity contribution is 5.48. The van der Waals surface area contributed by atoms with Crippen LogP contribution in [-0.2, 0) is 0 Å². The zero-order valence-corrected chi connectivity index (χ0v) is 13.6. The molecule has 116 valence electrons. The molecule has 0 aromatic carbocycles. The van der Waals surface area contributed by atoms with Crippen molar-refractivity contribution in [3.8, 4) is 11.8 Å². The average Bonchev–Trinajstić information content (AvgIpc) is 2.62. The molecule has 3 fully saturated rings. The molecule has 6 rings (SSSR count). The standard InChI is InChI=1S/C21H27N/c1-2-13-17(16-9-11-4-3-5-12(8-11)10-22-16)21-18(13)19-14-6-7-15(14)20(19)21/h11-13,16-22H,2,4,6-10H2,1H3. The summed E-state index contributed by atoms with van der Waals surface area (Å²) < 4.78 is 0. The maximum absolute atomic E-state index is 3.99. The molecule has 1 nitrogen and oxygen atoms in total. The van der Waals surface area contributed by atoms with Crippen LogP contribution in [0.15, 0.2) is 11.1 Å². The van der Waals surface area contributed by atoms with E-state index in [4.69, 9.17) is 0 Å². The summed E-state index contributed by atoms with van der Waals surface area (Å²) in [6, 6.07) is 0.800. The lowest BCUT2D eigenvalue weighted by Crippen LogP contribution is -2.73. The predicted molar refractivity (Wildman–Crippen MR) is 87.9 cm³/mol. The number of hydrogen-bond donors (Lipinski definition) is 1. The summed E-state index contributed by atoms with van der Waals surface area (Å²) in [6.07, 6.45) is 8.30.